The number of nitrogens with one attached hydrogen (secondary N) is 1. The SMILES string of the molecule is Cc1c(NS(=O)(=O)c2ccccc2)cccc1C(=O)N(C)C1CCCCC1. The molecular formula is C21H26N2O3S. The number of nitrogens with zero attached hydrogens (tertiary/aromatic N) is 1. The van der Waals surface area contributed by atoms with Crippen molar-refractivity contribution < 1.29 is 13.2 Å². The Kier molecular flexibility index (Phi) is 5.85. The van der Waals surface area contributed by atoms with Crippen LogP contribution in [0.5, 0.6) is 0 Å². The van der Waals surface area contributed by atoms with Crippen LogP contribution in [0.2, 0.25) is 0 Å². The molecule has 0 radical (unpaired) electrons. The molecule has 0 saturated heterocycles. The molecule has 0 heterocycles. The maximum absolute atomic E-state index is 13.0. The molecule has 6 heteroatoms. The Hall–Kier alpha value is -2.34. The highest BCUT2D eigenvalue weighted by atomic mass is 32.2. The molecule has 3 rings (SSSR count). The van der Waals surface area contributed by atoms with Crippen LogP contribution in [0.4, 0.5) is 5.69 Å². The fourth-order valence-electron chi connectivity index (χ4n) is 3.61. The molecule has 1 aliphatic rings. The van der Waals surface area contributed by atoms with Gasteiger partial charge in [-0.05, 0) is 49.6 Å². The monoisotopic (exact) mass is 386 g/mol. The molecule has 0 unspecified atom stereocenters. The van der Waals surface area contributed by atoms with Crippen LogP contribution in [0.15, 0.2) is 53.4 Å². The molecule has 2 aromatic carbocycles. The van der Waals surface area contributed by atoms with E-state index in [9.17, 15) is 13.2 Å². The number of carbonyl (C=O) groups excluding carboxylic acids is 1. The molecular weight excluding hydrogens is 360 g/mol. The van der Waals surface area contributed by atoms with Crippen LogP contribution < -0.4 is 4.72 Å². The van der Waals surface area contributed by atoms with Crippen LogP contribution in [-0.2, 0) is 10.0 Å². The van der Waals surface area contributed by atoms with Crippen molar-refractivity contribution in [3.8, 4) is 0 Å². The van der Waals surface area contributed by atoms with Gasteiger partial charge in [-0.3, -0.25) is 9.52 Å². The normalized spacial score (nSPS) is 15.3. The van der Waals surface area contributed by atoms with E-state index in [1.165, 1.54) is 6.42 Å². The van der Waals surface area contributed by atoms with Gasteiger partial charge in [-0.25, -0.2) is 8.42 Å². The zero-order chi connectivity index (χ0) is 19.4. The highest BCUT2D eigenvalue weighted by molar-refractivity contribution is 7.92. The molecule has 1 fully saturated rings. The van der Waals surface area contributed by atoms with E-state index < -0.39 is 10.0 Å². The van der Waals surface area contributed by atoms with E-state index in [0.717, 1.165) is 25.7 Å². The van der Waals surface area contributed by atoms with Gasteiger partial charge in [-0.1, -0.05) is 43.5 Å². The van der Waals surface area contributed by atoms with Crippen LogP contribution in [0.25, 0.3) is 0 Å². The predicted molar refractivity (Wildman–Crippen MR) is 107 cm³/mol. The van der Waals surface area contributed by atoms with Crippen molar-refractivity contribution in [2.75, 3.05) is 11.8 Å². The lowest BCUT2D eigenvalue weighted by atomic mass is 9.93. The minimum Gasteiger partial charge on any atom is -0.339 e. The first-order valence-electron chi connectivity index (χ1n) is 9.35. The molecule has 0 aliphatic heterocycles. The summed E-state index contributed by atoms with van der Waals surface area (Å²) < 4.78 is 27.8. The van der Waals surface area contributed by atoms with E-state index in [-0.39, 0.29) is 16.8 Å². The van der Waals surface area contributed by atoms with Crippen LogP contribution in [0.1, 0.15) is 48.0 Å². The molecule has 5 nitrogen and oxygen atoms in total. The third-order valence-corrected chi connectivity index (χ3v) is 6.69. The van der Waals surface area contributed by atoms with E-state index in [1.54, 1.807) is 55.5 Å². The van der Waals surface area contributed by atoms with Gasteiger partial charge in [-0.15, -0.1) is 0 Å². The van der Waals surface area contributed by atoms with Crippen molar-refractivity contribution in [3.63, 3.8) is 0 Å². The minimum atomic E-state index is -3.69. The van der Waals surface area contributed by atoms with E-state index in [0.29, 0.717) is 16.8 Å². The third kappa shape index (κ3) is 4.33. The number of rotatable bonds is 5. The number of hydrogen-bond acceptors (Lipinski definition) is 3. The van der Waals surface area contributed by atoms with Crippen molar-refractivity contribution in [2.24, 2.45) is 0 Å². The Labute approximate surface area is 161 Å². The van der Waals surface area contributed by atoms with Gasteiger partial charge >= 0.3 is 0 Å². The van der Waals surface area contributed by atoms with Crippen molar-refractivity contribution in [1.82, 2.24) is 4.90 Å². The lowest BCUT2D eigenvalue weighted by Gasteiger charge is -2.31. The number of hydrogen-bond donors (Lipinski definition) is 1. The highest BCUT2D eigenvalue weighted by Crippen LogP contribution is 2.26. The topological polar surface area (TPSA) is 66.5 Å². The highest BCUT2D eigenvalue weighted by Gasteiger charge is 2.25. The summed E-state index contributed by atoms with van der Waals surface area (Å²) >= 11 is 0. The summed E-state index contributed by atoms with van der Waals surface area (Å²) in [7, 11) is -1.85. The Balaban J connectivity index is 1.84. The van der Waals surface area contributed by atoms with Gasteiger partial charge < -0.3 is 4.90 Å². The van der Waals surface area contributed by atoms with Gasteiger partial charge in [0, 0.05) is 18.7 Å². The van der Waals surface area contributed by atoms with Gasteiger partial charge in [0.15, 0.2) is 0 Å². The van der Waals surface area contributed by atoms with Gasteiger partial charge in [0.2, 0.25) is 0 Å². The lowest BCUT2D eigenvalue weighted by Crippen LogP contribution is -2.38. The number of amides is 1. The minimum absolute atomic E-state index is 0.0554. The van der Waals surface area contributed by atoms with E-state index >= 15 is 0 Å². The van der Waals surface area contributed by atoms with Gasteiger partial charge in [0.05, 0.1) is 10.6 Å². The first kappa shape index (κ1) is 19.4. The van der Waals surface area contributed by atoms with Crippen LogP contribution in [-0.4, -0.2) is 32.3 Å². The second kappa shape index (κ2) is 8.13. The number of benzene rings is 2. The lowest BCUT2D eigenvalue weighted by molar-refractivity contribution is 0.0695. The Morgan fingerprint density at radius 2 is 1.67 bits per heavy atom. The fourth-order valence-corrected chi connectivity index (χ4v) is 4.75. The zero-order valence-electron chi connectivity index (χ0n) is 15.8. The van der Waals surface area contributed by atoms with Gasteiger partial charge in [-0.2, -0.15) is 0 Å². The molecule has 2 aromatic rings. The first-order valence-corrected chi connectivity index (χ1v) is 10.8. The molecule has 1 aliphatic carbocycles. The summed E-state index contributed by atoms with van der Waals surface area (Å²) in [4.78, 5) is 15.0. The molecule has 0 spiro atoms. The van der Waals surface area contributed by atoms with E-state index in [4.69, 9.17) is 0 Å². The van der Waals surface area contributed by atoms with E-state index in [1.807, 2.05) is 11.9 Å². The molecule has 1 amide bonds. The summed E-state index contributed by atoms with van der Waals surface area (Å²) in [6.07, 6.45) is 5.59. The van der Waals surface area contributed by atoms with Gasteiger partial charge in [0.25, 0.3) is 15.9 Å². The quantitative estimate of drug-likeness (QED) is 0.837. The summed E-state index contributed by atoms with van der Waals surface area (Å²) in [6.45, 7) is 1.78. The molecule has 1 N–H and O–H groups in total. The summed E-state index contributed by atoms with van der Waals surface area (Å²) in [5.74, 6) is -0.0554. The number of carbonyl (C=O) groups is 1. The molecule has 1 saturated carbocycles. The average Bonchev–Trinajstić information content (AvgIpc) is 2.70. The molecule has 27 heavy (non-hydrogen) atoms. The molecule has 144 valence electrons. The van der Waals surface area contributed by atoms with E-state index in [2.05, 4.69) is 4.72 Å². The fraction of sp³-hybridized carbons (Fsp3) is 0.381. The Bertz CT molecular complexity index is 904. The Morgan fingerprint density at radius 1 is 1.00 bits per heavy atom. The second-order valence-electron chi connectivity index (χ2n) is 7.10. The summed E-state index contributed by atoms with van der Waals surface area (Å²) in [6, 6.07) is 13.6. The standard InChI is InChI=1S/C21H26N2O3S/c1-16-19(21(24)23(2)17-10-5-3-6-11-17)14-9-15-20(16)22-27(25,26)18-12-7-4-8-13-18/h4,7-9,12-15,17,22H,3,5-6,10-11H2,1-2H3. The number of anilines is 1. The maximum Gasteiger partial charge on any atom is 0.261 e. The molecule has 0 atom stereocenters. The first-order chi connectivity index (χ1) is 12.9. The summed E-state index contributed by atoms with van der Waals surface area (Å²) in [5, 5.41) is 0. The van der Waals surface area contributed by atoms with Crippen molar-refractivity contribution in [1.29, 1.82) is 0 Å². The average molecular weight is 387 g/mol. The third-order valence-electron chi connectivity index (χ3n) is 5.30. The molecule has 0 bridgehead atoms. The second-order valence-corrected chi connectivity index (χ2v) is 8.79. The maximum atomic E-state index is 13.0. The Morgan fingerprint density at radius 3 is 2.33 bits per heavy atom. The number of sulfonamides is 1. The predicted octanol–water partition coefficient (Wildman–Crippen LogP) is 4.20. The van der Waals surface area contributed by atoms with Crippen molar-refractivity contribution in [2.45, 2.75) is 50.0 Å². The molecule has 0 aromatic heterocycles. The smallest absolute Gasteiger partial charge is 0.261 e. The van der Waals surface area contributed by atoms with Crippen LogP contribution >= 0.6 is 0 Å². The van der Waals surface area contributed by atoms with Crippen LogP contribution in [0.3, 0.4) is 0 Å². The van der Waals surface area contributed by atoms with Gasteiger partial charge in [0.1, 0.15) is 0 Å². The van der Waals surface area contributed by atoms with Crippen LogP contribution in [0, 0.1) is 6.92 Å². The van der Waals surface area contributed by atoms with Crippen molar-refractivity contribution in [3.05, 3.63) is 59.7 Å². The van der Waals surface area contributed by atoms with Crippen molar-refractivity contribution >= 4 is 21.6 Å². The summed E-state index contributed by atoms with van der Waals surface area (Å²) in [5.41, 5.74) is 1.61. The zero-order valence-corrected chi connectivity index (χ0v) is 16.6. The largest absolute Gasteiger partial charge is 0.339 e.